The Kier molecular flexibility index (Phi) is 3.66. The van der Waals surface area contributed by atoms with Crippen LogP contribution in [0.5, 0.6) is 0 Å². The van der Waals surface area contributed by atoms with Gasteiger partial charge in [-0.25, -0.2) is 21.6 Å². The van der Waals surface area contributed by atoms with Crippen LogP contribution in [0.3, 0.4) is 0 Å². The van der Waals surface area contributed by atoms with Crippen LogP contribution in [0.4, 0.5) is 13.2 Å². The lowest BCUT2D eigenvalue weighted by Crippen LogP contribution is -2.43. The van der Waals surface area contributed by atoms with Crippen molar-refractivity contribution >= 4 is 15.7 Å². The highest BCUT2D eigenvalue weighted by Gasteiger charge is 2.43. The fourth-order valence-electron chi connectivity index (χ4n) is 2.81. The minimum absolute atomic E-state index is 0.0194. The summed E-state index contributed by atoms with van der Waals surface area (Å²) in [7, 11) is -3.21. The highest BCUT2D eigenvalue weighted by molar-refractivity contribution is 7.91. The van der Waals surface area contributed by atoms with Gasteiger partial charge in [0.25, 0.3) is 5.91 Å². The molecule has 1 amide bonds. The molecule has 1 saturated carbocycles. The van der Waals surface area contributed by atoms with Crippen molar-refractivity contribution in [3.05, 3.63) is 35.1 Å². The summed E-state index contributed by atoms with van der Waals surface area (Å²) in [5.74, 6) is -5.55. The first-order valence-electron chi connectivity index (χ1n) is 6.97. The summed E-state index contributed by atoms with van der Waals surface area (Å²) in [5, 5.41) is 0. The Hall–Kier alpha value is -1.57. The molecule has 22 heavy (non-hydrogen) atoms. The van der Waals surface area contributed by atoms with Gasteiger partial charge in [0.05, 0.1) is 17.1 Å². The fraction of sp³-hybridized carbons (Fsp3) is 0.500. The molecule has 0 spiro atoms. The molecule has 2 fully saturated rings. The van der Waals surface area contributed by atoms with Crippen molar-refractivity contribution in [3.63, 3.8) is 0 Å². The average molecular weight is 333 g/mol. The average Bonchev–Trinajstić information content (AvgIpc) is 3.20. The van der Waals surface area contributed by atoms with Crippen molar-refractivity contribution in [1.29, 1.82) is 0 Å². The number of halogens is 3. The van der Waals surface area contributed by atoms with E-state index in [2.05, 4.69) is 0 Å². The van der Waals surface area contributed by atoms with Gasteiger partial charge in [-0.2, -0.15) is 0 Å². The fourth-order valence-corrected chi connectivity index (χ4v) is 4.52. The zero-order valence-electron chi connectivity index (χ0n) is 11.6. The molecule has 1 aromatic carbocycles. The monoisotopic (exact) mass is 333 g/mol. The minimum atomic E-state index is -3.21. The van der Waals surface area contributed by atoms with Gasteiger partial charge >= 0.3 is 0 Å². The molecule has 1 heterocycles. The molecule has 0 bridgehead atoms. The molecular formula is C14H14F3NO3S. The minimum Gasteiger partial charge on any atom is -0.332 e. The van der Waals surface area contributed by atoms with Crippen molar-refractivity contribution < 1.29 is 26.4 Å². The van der Waals surface area contributed by atoms with Crippen LogP contribution in [0.25, 0.3) is 0 Å². The highest BCUT2D eigenvalue weighted by atomic mass is 32.2. The number of hydrogen-bond acceptors (Lipinski definition) is 3. The topological polar surface area (TPSA) is 54.5 Å². The van der Waals surface area contributed by atoms with Gasteiger partial charge in [-0.1, -0.05) is 0 Å². The summed E-state index contributed by atoms with van der Waals surface area (Å²) in [6.45, 7) is 0. The second-order valence-corrected chi connectivity index (χ2v) is 7.95. The largest absolute Gasteiger partial charge is 0.332 e. The van der Waals surface area contributed by atoms with Gasteiger partial charge in [-0.15, -0.1) is 0 Å². The maximum absolute atomic E-state index is 13.8. The van der Waals surface area contributed by atoms with Gasteiger partial charge in [0, 0.05) is 12.1 Å². The van der Waals surface area contributed by atoms with Crippen LogP contribution in [0.2, 0.25) is 0 Å². The van der Waals surface area contributed by atoms with Gasteiger partial charge in [0.15, 0.2) is 27.3 Å². The van der Waals surface area contributed by atoms with E-state index in [4.69, 9.17) is 0 Å². The van der Waals surface area contributed by atoms with Crippen molar-refractivity contribution in [2.45, 2.75) is 31.3 Å². The lowest BCUT2D eigenvalue weighted by molar-refractivity contribution is 0.0674. The molecule has 0 aromatic heterocycles. The standard InChI is InChI=1S/C14H14F3NO3S/c15-11-4-3-10(12(16)13(11)17)14(19)18(8-1-2-8)9-5-6-22(20,21)7-9/h3-4,8-9H,1-2,5-7H2. The smallest absolute Gasteiger partial charge is 0.257 e. The molecule has 2 aliphatic rings. The summed E-state index contributed by atoms with van der Waals surface area (Å²) >= 11 is 0. The molecular weight excluding hydrogens is 319 g/mol. The van der Waals surface area contributed by atoms with Crippen LogP contribution in [-0.4, -0.2) is 42.8 Å². The van der Waals surface area contributed by atoms with Crippen LogP contribution in [-0.2, 0) is 9.84 Å². The highest BCUT2D eigenvalue weighted by Crippen LogP contribution is 2.34. The zero-order valence-corrected chi connectivity index (χ0v) is 12.4. The van der Waals surface area contributed by atoms with Crippen LogP contribution >= 0.6 is 0 Å². The van der Waals surface area contributed by atoms with Crippen molar-refractivity contribution in [3.8, 4) is 0 Å². The molecule has 4 nitrogen and oxygen atoms in total. The van der Waals surface area contributed by atoms with E-state index in [0.717, 1.165) is 6.07 Å². The van der Waals surface area contributed by atoms with E-state index >= 15 is 0 Å². The second-order valence-electron chi connectivity index (χ2n) is 5.72. The van der Waals surface area contributed by atoms with Gasteiger partial charge in [0.1, 0.15) is 0 Å². The maximum atomic E-state index is 13.8. The van der Waals surface area contributed by atoms with E-state index in [0.29, 0.717) is 18.9 Å². The molecule has 1 atom stereocenters. The first-order chi connectivity index (χ1) is 10.3. The lowest BCUT2D eigenvalue weighted by atomic mass is 10.1. The summed E-state index contributed by atoms with van der Waals surface area (Å²) < 4.78 is 63.3. The molecule has 0 N–H and O–H groups in total. The SMILES string of the molecule is O=C(c1ccc(F)c(F)c1F)N(C1CC1)C1CCS(=O)(=O)C1. The summed E-state index contributed by atoms with van der Waals surface area (Å²) in [4.78, 5) is 13.8. The third-order valence-corrected chi connectivity index (χ3v) is 5.79. The molecule has 1 unspecified atom stereocenters. The van der Waals surface area contributed by atoms with Crippen LogP contribution in [0, 0.1) is 17.5 Å². The number of carbonyl (C=O) groups is 1. The second kappa shape index (κ2) is 5.26. The maximum Gasteiger partial charge on any atom is 0.257 e. The van der Waals surface area contributed by atoms with Crippen LogP contribution in [0.1, 0.15) is 29.6 Å². The molecule has 3 rings (SSSR count). The van der Waals surface area contributed by atoms with E-state index < -0.39 is 44.8 Å². The normalized spacial score (nSPS) is 23.5. The summed E-state index contributed by atoms with van der Waals surface area (Å²) in [6, 6.07) is 0.910. The molecule has 1 aromatic rings. The van der Waals surface area contributed by atoms with Gasteiger partial charge in [-0.05, 0) is 31.4 Å². The molecule has 0 radical (unpaired) electrons. The Balaban J connectivity index is 1.93. The number of benzene rings is 1. The Labute approximate surface area is 125 Å². The summed E-state index contributed by atoms with van der Waals surface area (Å²) in [5.41, 5.74) is -0.560. The van der Waals surface area contributed by atoms with Gasteiger partial charge in [0.2, 0.25) is 0 Å². The van der Waals surface area contributed by atoms with Gasteiger partial charge < -0.3 is 4.90 Å². The summed E-state index contributed by atoms with van der Waals surface area (Å²) in [6.07, 6.45) is 1.69. The third kappa shape index (κ3) is 2.71. The Morgan fingerprint density at radius 2 is 1.73 bits per heavy atom. The van der Waals surface area contributed by atoms with E-state index in [1.807, 2.05) is 0 Å². The predicted octanol–water partition coefficient (Wildman–Crippen LogP) is 1.90. The number of carbonyl (C=O) groups excluding carboxylic acids is 1. The number of amides is 1. The van der Waals surface area contributed by atoms with E-state index in [-0.39, 0.29) is 24.0 Å². The molecule has 1 aliphatic heterocycles. The third-order valence-electron chi connectivity index (χ3n) is 4.04. The van der Waals surface area contributed by atoms with E-state index in [9.17, 15) is 26.4 Å². The molecule has 120 valence electrons. The van der Waals surface area contributed by atoms with Crippen molar-refractivity contribution in [2.24, 2.45) is 0 Å². The van der Waals surface area contributed by atoms with Crippen LogP contribution in [0.15, 0.2) is 12.1 Å². The first kappa shape index (κ1) is 15.3. The number of nitrogens with zero attached hydrogens (tertiary/aromatic N) is 1. The van der Waals surface area contributed by atoms with Crippen LogP contribution < -0.4 is 0 Å². The van der Waals surface area contributed by atoms with Crippen molar-refractivity contribution in [2.75, 3.05) is 11.5 Å². The lowest BCUT2D eigenvalue weighted by Gasteiger charge is -2.28. The number of sulfone groups is 1. The van der Waals surface area contributed by atoms with Crippen molar-refractivity contribution in [1.82, 2.24) is 4.90 Å². The quantitative estimate of drug-likeness (QED) is 0.794. The number of hydrogen-bond donors (Lipinski definition) is 0. The first-order valence-corrected chi connectivity index (χ1v) is 8.79. The van der Waals surface area contributed by atoms with Gasteiger partial charge in [-0.3, -0.25) is 4.79 Å². The predicted molar refractivity (Wildman–Crippen MR) is 72.6 cm³/mol. The number of rotatable bonds is 3. The zero-order chi connectivity index (χ0) is 16.1. The Morgan fingerprint density at radius 1 is 1.05 bits per heavy atom. The van der Waals surface area contributed by atoms with E-state index in [1.165, 1.54) is 4.90 Å². The Morgan fingerprint density at radius 3 is 2.27 bits per heavy atom. The molecule has 1 saturated heterocycles. The Bertz CT molecular complexity index is 731. The molecule has 8 heteroatoms. The molecule has 1 aliphatic carbocycles. The van der Waals surface area contributed by atoms with E-state index in [1.54, 1.807) is 0 Å².